The third kappa shape index (κ3) is 3.21. The standard InChI is InChI=1S/C11H14N2O3S/c12-6-10(14)13(9(7-17)11(15)16)8-4-2-1-3-5-8/h1-5,9,17H,6-7,12H2,(H,15,16)/t9-/m0/s1. The predicted octanol–water partition coefficient (Wildman–Crippen LogP) is 0.361. The van der Waals surface area contributed by atoms with Crippen LogP contribution in [-0.4, -0.2) is 35.3 Å². The molecule has 0 saturated heterocycles. The molecule has 0 bridgehead atoms. The first kappa shape index (κ1) is 13.5. The fourth-order valence-corrected chi connectivity index (χ4v) is 1.77. The fraction of sp³-hybridized carbons (Fsp3) is 0.273. The van der Waals surface area contributed by atoms with Crippen LogP contribution in [0.1, 0.15) is 0 Å². The van der Waals surface area contributed by atoms with Crippen molar-refractivity contribution in [2.45, 2.75) is 6.04 Å². The Hall–Kier alpha value is -1.53. The first-order chi connectivity index (χ1) is 8.11. The lowest BCUT2D eigenvalue weighted by Crippen LogP contribution is -2.49. The second-order valence-corrected chi connectivity index (χ2v) is 3.71. The van der Waals surface area contributed by atoms with Crippen LogP contribution in [0, 0.1) is 0 Å². The molecule has 17 heavy (non-hydrogen) atoms. The lowest BCUT2D eigenvalue weighted by molar-refractivity contribution is -0.139. The van der Waals surface area contributed by atoms with Gasteiger partial charge in [0.2, 0.25) is 5.91 Å². The molecule has 3 N–H and O–H groups in total. The zero-order valence-corrected chi connectivity index (χ0v) is 10.0. The van der Waals surface area contributed by atoms with E-state index in [0.717, 1.165) is 4.90 Å². The van der Waals surface area contributed by atoms with Crippen LogP contribution in [0.25, 0.3) is 0 Å². The van der Waals surface area contributed by atoms with E-state index in [2.05, 4.69) is 12.6 Å². The summed E-state index contributed by atoms with van der Waals surface area (Å²) in [6.07, 6.45) is 0. The molecule has 0 unspecified atom stereocenters. The van der Waals surface area contributed by atoms with E-state index in [9.17, 15) is 9.59 Å². The maximum atomic E-state index is 11.7. The van der Waals surface area contributed by atoms with Crippen molar-refractivity contribution in [2.75, 3.05) is 17.2 Å². The van der Waals surface area contributed by atoms with Gasteiger partial charge in [-0.2, -0.15) is 12.6 Å². The third-order valence-corrected chi connectivity index (χ3v) is 2.59. The molecule has 1 rings (SSSR count). The van der Waals surface area contributed by atoms with E-state index in [1.54, 1.807) is 30.3 Å². The molecule has 6 heteroatoms. The molecular formula is C11H14N2O3S. The van der Waals surface area contributed by atoms with Crippen molar-refractivity contribution in [3.8, 4) is 0 Å². The number of carbonyl (C=O) groups excluding carboxylic acids is 1. The first-order valence-electron chi connectivity index (χ1n) is 5.02. The molecule has 0 heterocycles. The Morgan fingerprint density at radius 1 is 1.35 bits per heavy atom. The summed E-state index contributed by atoms with van der Waals surface area (Å²) in [5.74, 6) is -1.53. The highest BCUT2D eigenvalue weighted by Crippen LogP contribution is 2.17. The zero-order valence-electron chi connectivity index (χ0n) is 9.11. The van der Waals surface area contributed by atoms with Gasteiger partial charge < -0.3 is 10.8 Å². The van der Waals surface area contributed by atoms with Gasteiger partial charge in [0.25, 0.3) is 0 Å². The Bertz CT molecular complexity index is 397. The summed E-state index contributed by atoms with van der Waals surface area (Å²) >= 11 is 3.96. The van der Waals surface area contributed by atoms with Gasteiger partial charge in [0.15, 0.2) is 0 Å². The molecule has 5 nitrogen and oxygen atoms in total. The van der Waals surface area contributed by atoms with Gasteiger partial charge >= 0.3 is 5.97 Å². The minimum Gasteiger partial charge on any atom is -0.480 e. The van der Waals surface area contributed by atoms with E-state index in [4.69, 9.17) is 10.8 Å². The lowest BCUT2D eigenvalue weighted by Gasteiger charge is -2.27. The Morgan fingerprint density at radius 3 is 2.35 bits per heavy atom. The quantitative estimate of drug-likeness (QED) is 0.663. The molecule has 1 amide bonds. The van der Waals surface area contributed by atoms with E-state index in [-0.39, 0.29) is 12.3 Å². The van der Waals surface area contributed by atoms with Gasteiger partial charge in [-0.3, -0.25) is 9.69 Å². The number of anilines is 1. The van der Waals surface area contributed by atoms with E-state index < -0.39 is 17.9 Å². The predicted molar refractivity (Wildman–Crippen MR) is 68.3 cm³/mol. The number of hydrogen-bond donors (Lipinski definition) is 3. The molecule has 0 saturated carbocycles. The van der Waals surface area contributed by atoms with Gasteiger partial charge in [0, 0.05) is 11.4 Å². The topological polar surface area (TPSA) is 83.6 Å². The van der Waals surface area contributed by atoms with Crippen molar-refractivity contribution < 1.29 is 14.7 Å². The van der Waals surface area contributed by atoms with Gasteiger partial charge in [-0.15, -0.1) is 0 Å². The second kappa shape index (κ2) is 6.27. The maximum Gasteiger partial charge on any atom is 0.327 e. The number of rotatable bonds is 5. The van der Waals surface area contributed by atoms with Crippen molar-refractivity contribution in [2.24, 2.45) is 5.73 Å². The summed E-state index contributed by atoms with van der Waals surface area (Å²) in [6.45, 7) is -0.244. The normalized spacial score (nSPS) is 11.9. The number of thiol groups is 1. The highest BCUT2D eigenvalue weighted by atomic mass is 32.1. The minimum absolute atomic E-state index is 0.0238. The maximum absolute atomic E-state index is 11.7. The number of nitrogens with two attached hydrogens (primary N) is 1. The third-order valence-electron chi connectivity index (χ3n) is 2.25. The Balaban J connectivity index is 3.12. The largest absolute Gasteiger partial charge is 0.480 e. The SMILES string of the molecule is NCC(=O)N(c1ccccc1)[C@@H](CS)C(=O)O. The highest BCUT2D eigenvalue weighted by molar-refractivity contribution is 7.80. The number of nitrogens with zero attached hydrogens (tertiary/aromatic N) is 1. The smallest absolute Gasteiger partial charge is 0.327 e. The molecule has 0 fully saturated rings. The Kier molecular flexibility index (Phi) is 4.99. The fourth-order valence-electron chi connectivity index (χ4n) is 1.45. The van der Waals surface area contributed by atoms with Crippen LogP contribution in [0.2, 0.25) is 0 Å². The van der Waals surface area contributed by atoms with Crippen molar-refractivity contribution in [3.63, 3.8) is 0 Å². The van der Waals surface area contributed by atoms with Gasteiger partial charge in [-0.1, -0.05) is 18.2 Å². The summed E-state index contributed by atoms with van der Waals surface area (Å²) < 4.78 is 0. The van der Waals surface area contributed by atoms with Gasteiger partial charge in [-0.05, 0) is 12.1 Å². The number of para-hydroxylation sites is 1. The summed E-state index contributed by atoms with van der Waals surface area (Å²) in [5.41, 5.74) is 5.80. The van der Waals surface area contributed by atoms with Crippen LogP contribution >= 0.6 is 12.6 Å². The summed E-state index contributed by atoms with van der Waals surface area (Å²) in [7, 11) is 0. The molecule has 0 radical (unpaired) electrons. The second-order valence-electron chi connectivity index (χ2n) is 3.34. The van der Waals surface area contributed by atoms with E-state index in [1.807, 2.05) is 0 Å². The van der Waals surface area contributed by atoms with Crippen LogP contribution in [0.5, 0.6) is 0 Å². The van der Waals surface area contributed by atoms with Crippen LogP contribution in [0.4, 0.5) is 5.69 Å². The average molecular weight is 254 g/mol. The molecule has 0 aromatic heterocycles. The van der Waals surface area contributed by atoms with Crippen molar-refractivity contribution in [3.05, 3.63) is 30.3 Å². The van der Waals surface area contributed by atoms with E-state index in [0.29, 0.717) is 5.69 Å². The van der Waals surface area contributed by atoms with Crippen molar-refractivity contribution in [1.82, 2.24) is 0 Å². The number of carboxylic acids is 1. The number of carbonyl (C=O) groups is 2. The lowest BCUT2D eigenvalue weighted by atomic mass is 10.2. The molecule has 0 aliphatic rings. The molecule has 0 aliphatic carbocycles. The molecule has 1 atom stereocenters. The Labute approximate surface area is 105 Å². The van der Waals surface area contributed by atoms with Crippen LogP contribution in [0.3, 0.4) is 0 Å². The first-order valence-corrected chi connectivity index (χ1v) is 5.66. The number of benzene rings is 1. The molecule has 1 aromatic rings. The zero-order chi connectivity index (χ0) is 12.8. The number of carboxylic acid groups (broad SMARTS) is 1. The van der Waals surface area contributed by atoms with E-state index in [1.165, 1.54) is 0 Å². The van der Waals surface area contributed by atoms with Crippen LogP contribution in [-0.2, 0) is 9.59 Å². The highest BCUT2D eigenvalue weighted by Gasteiger charge is 2.28. The average Bonchev–Trinajstić information content (AvgIpc) is 2.35. The van der Waals surface area contributed by atoms with Crippen LogP contribution < -0.4 is 10.6 Å². The number of aliphatic carboxylic acids is 1. The molecular weight excluding hydrogens is 240 g/mol. The van der Waals surface area contributed by atoms with Gasteiger partial charge in [0.1, 0.15) is 6.04 Å². The Morgan fingerprint density at radius 2 is 1.94 bits per heavy atom. The minimum atomic E-state index is -1.11. The van der Waals surface area contributed by atoms with Crippen molar-refractivity contribution in [1.29, 1.82) is 0 Å². The van der Waals surface area contributed by atoms with E-state index >= 15 is 0 Å². The summed E-state index contributed by atoms with van der Waals surface area (Å²) in [4.78, 5) is 24.0. The molecule has 0 spiro atoms. The molecule has 92 valence electrons. The summed E-state index contributed by atoms with van der Waals surface area (Å²) in [5, 5.41) is 9.07. The monoisotopic (exact) mass is 254 g/mol. The number of amides is 1. The molecule has 0 aliphatic heterocycles. The molecule has 1 aromatic carbocycles. The van der Waals surface area contributed by atoms with Crippen LogP contribution in [0.15, 0.2) is 30.3 Å². The summed E-state index contributed by atoms with van der Waals surface area (Å²) in [6, 6.07) is 7.54. The van der Waals surface area contributed by atoms with Gasteiger partial charge in [0.05, 0.1) is 6.54 Å². The van der Waals surface area contributed by atoms with Gasteiger partial charge in [-0.25, -0.2) is 4.79 Å². The number of hydrogen-bond acceptors (Lipinski definition) is 4. The van der Waals surface area contributed by atoms with Crippen molar-refractivity contribution >= 4 is 30.2 Å².